The van der Waals surface area contributed by atoms with Gasteiger partial charge in [-0.15, -0.1) is 0 Å². The fourth-order valence-corrected chi connectivity index (χ4v) is 1.58. The van der Waals surface area contributed by atoms with E-state index in [1.807, 2.05) is 6.92 Å². The molecule has 0 aromatic carbocycles. The van der Waals surface area contributed by atoms with E-state index in [4.69, 9.17) is 5.73 Å². The molecule has 1 aliphatic carbocycles. The largest absolute Gasteiger partial charge is 0.393 e. The van der Waals surface area contributed by atoms with Gasteiger partial charge in [0.2, 0.25) is 0 Å². The smallest absolute Gasteiger partial charge is 0.0583 e. The van der Waals surface area contributed by atoms with Crippen LogP contribution in [0.25, 0.3) is 0 Å². The number of nitrogens with two attached hydrogens (primary N) is 1. The van der Waals surface area contributed by atoms with Crippen LogP contribution < -0.4 is 5.73 Å². The van der Waals surface area contributed by atoms with Crippen LogP contribution in [0.4, 0.5) is 0 Å². The maximum Gasteiger partial charge on any atom is 0.0583 e. The monoisotopic (exact) mass is 129 g/mol. The maximum absolute atomic E-state index is 9.28. The Morgan fingerprint density at radius 2 is 2.22 bits per heavy atom. The van der Waals surface area contributed by atoms with Gasteiger partial charge in [-0.3, -0.25) is 0 Å². The maximum atomic E-state index is 9.28. The van der Waals surface area contributed by atoms with Gasteiger partial charge in [0, 0.05) is 6.04 Å². The Labute approximate surface area is 56.1 Å². The number of aliphatic hydroxyl groups excluding tert-OH is 1. The number of aliphatic hydroxyl groups is 1. The Balaban J connectivity index is 2.40. The van der Waals surface area contributed by atoms with Crippen molar-refractivity contribution in [2.75, 3.05) is 0 Å². The molecular formula is C7H15NO. The van der Waals surface area contributed by atoms with Crippen LogP contribution in [-0.4, -0.2) is 17.3 Å². The third-order valence-electron chi connectivity index (χ3n) is 2.21. The Bertz CT molecular complexity index is 92.9. The van der Waals surface area contributed by atoms with E-state index in [0.717, 1.165) is 19.3 Å². The zero-order valence-electron chi connectivity index (χ0n) is 5.88. The average Bonchev–Trinajstić information content (AvgIpc) is 2.13. The van der Waals surface area contributed by atoms with E-state index in [0.29, 0.717) is 5.92 Å². The lowest BCUT2D eigenvalue weighted by Crippen LogP contribution is -2.31. The van der Waals surface area contributed by atoms with Gasteiger partial charge in [-0.1, -0.05) is 6.42 Å². The molecule has 1 aliphatic rings. The van der Waals surface area contributed by atoms with Crippen molar-refractivity contribution in [3.8, 4) is 0 Å². The quantitative estimate of drug-likeness (QED) is 0.541. The summed E-state index contributed by atoms with van der Waals surface area (Å²) in [4.78, 5) is 0. The lowest BCUT2D eigenvalue weighted by Gasteiger charge is -2.17. The summed E-state index contributed by atoms with van der Waals surface area (Å²) >= 11 is 0. The van der Waals surface area contributed by atoms with E-state index in [1.165, 1.54) is 0 Å². The molecule has 0 unspecified atom stereocenters. The van der Waals surface area contributed by atoms with Crippen molar-refractivity contribution in [1.29, 1.82) is 0 Å². The first kappa shape index (κ1) is 7.03. The first-order valence-corrected chi connectivity index (χ1v) is 3.65. The minimum atomic E-state index is -0.120. The van der Waals surface area contributed by atoms with Crippen LogP contribution in [0.15, 0.2) is 0 Å². The van der Waals surface area contributed by atoms with Gasteiger partial charge in [-0.2, -0.15) is 0 Å². The second kappa shape index (κ2) is 2.67. The van der Waals surface area contributed by atoms with Gasteiger partial charge in [-0.05, 0) is 25.7 Å². The molecule has 9 heavy (non-hydrogen) atoms. The third kappa shape index (κ3) is 1.43. The Morgan fingerprint density at radius 3 is 2.44 bits per heavy atom. The van der Waals surface area contributed by atoms with Crippen LogP contribution >= 0.6 is 0 Å². The summed E-state index contributed by atoms with van der Waals surface area (Å²) in [5.41, 5.74) is 5.63. The highest BCUT2D eigenvalue weighted by Gasteiger charge is 2.27. The van der Waals surface area contributed by atoms with E-state index in [1.54, 1.807) is 0 Å². The molecule has 3 N–H and O–H groups in total. The zero-order valence-corrected chi connectivity index (χ0v) is 5.88. The van der Waals surface area contributed by atoms with E-state index in [-0.39, 0.29) is 12.1 Å². The van der Waals surface area contributed by atoms with Gasteiger partial charge in [0.1, 0.15) is 0 Å². The lowest BCUT2D eigenvalue weighted by atomic mass is 9.99. The Morgan fingerprint density at radius 1 is 1.56 bits per heavy atom. The molecule has 0 aromatic heterocycles. The van der Waals surface area contributed by atoms with Gasteiger partial charge >= 0.3 is 0 Å². The molecule has 54 valence electrons. The van der Waals surface area contributed by atoms with Crippen LogP contribution in [0.5, 0.6) is 0 Å². The summed E-state index contributed by atoms with van der Waals surface area (Å²) in [6, 6.07) is 0.169. The molecule has 0 heterocycles. The molecule has 0 aromatic rings. The van der Waals surface area contributed by atoms with Crippen molar-refractivity contribution in [1.82, 2.24) is 0 Å². The zero-order chi connectivity index (χ0) is 6.85. The SMILES string of the molecule is C[C@@H](N)[C@H]1CCC[C@H]1O. The lowest BCUT2D eigenvalue weighted by molar-refractivity contribution is 0.121. The molecule has 2 nitrogen and oxygen atoms in total. The second-order valence-corrected chi connectivity index (χ2v) is 3.02. The fraction of sp³-hybridized carbons (Fsp3) is 1.00. The predicted octanol–water partition coefficient (Wildman–Crippen LogP) is 0.495. The standard InChI is InChI=1S/C7H15NO/c1-5(8)6-3-2-4-7(6)9/h5-7,9H,2-4,8H2,1H3/t5-,6-,7-/m1/s1. The van der Waals surface area contributed by atoms with Crippen LogP contribution in [-0.2, 0) is 0 Å². The summed E-state index contributed by atoms with van der Waals surface area (Å²) in [6.07, 6.45) is 3.09. The molecule has 0 amide bonds. The predicted molar refractivity (Wildman–Crippen MR) is 37.0 cm³/mol. The van der Waals surface area contributed by atoms with Crippen LogP contribution in [0.1, 0.15) is 26.2 Å². The normalized spacial score (nSPS) is 39.0. The van der Waals surface area contributed by atoms with Gasteiger partial charge in [-0.25, -0.2) is 0 Å². The van der Waals surface area contributed by atoms with Crippen LogP contribution in [0, 0.1) is 5.92 Å². The molecule has 0 aliphatic heterocycles. The first-order chi connectivity index (χ1) is 4.22. The minimum absolute atomic E-state index is 0.120. The molecule has 0 bridgehead atoms. The number of rotatable bonds is 1. The van der Waals surface area contributed by atoms with Crippen molar-refractivity contribution in [3.63, 3.8) is 0 Å². The number of hydrogen-bond acceptors (Lipinski definition) is 2. The molecule has 1 fully saturated rings. The highest BCUT2D eigenvalue weighted by molar-refractivity contribution is 4.81. The van der Waals surface area contributed by atoms with E-state index in [9.17, 15) is 5.11 Å². The Hall–Kier alpha value is -0.0800. The Kier molecular flexibility index (Phi) is 2.09. The van der Waals surface area contributed by atoms with Crippen molar-refractivity contribution in [2.45, 2.75) is 38.3 Å². The second-order valence-electron chi connectivity index (χ2n) is 3.02. The topological polar surface area (TPSA) is 46.2 Å². The summed E-state index contributed by atoms with van der Waals surface area (Å²) in [7, 11) is 0. The first-order valence-electron chi connectivity index (χ1n) is 3.65. The molecule has 3 atom stereocenters. The van der Waals surface area contributed by atoms with Crippen molar-refractivity contribution < 1.29 is 5.11 Å². The van der Waals surface area contributed by atoms with Gasteiger partial charge in [0.15, 0.2) is 0 Å². The summed E-state index contributed by atoms with van der Waals surface area (Å²) in [5, 5.41) is 9.28. The molecular weight excluding hydrogens is 114 g/mol. The van der Waals surface area contributed by atoms with Gasteiger partial charge < -0.3 is 10.8 Å². The summed E-state index contributed by atoms with van der Waals surface area (Å²) in [6.45, 7) is 1.97. The van der Waals surface area contributed by atoms with Crippen LogP contribution in [0.3, 0.4) is 0 Å². The van der Waals surface area contributed by atoms with E-state index >= 15 is 0 Å². The van der Waals surface area contributed by atoms with E-state index in [2.05, 4.69) is 0 Å². The van der Waals surface area contributed by atoms with E-state index < -0.39 is 0 Å². The van der Waals surface area contributed by atoms with Gasteiger partial charge in [0.05, 0.1) is 6.10 Å². The summed E-state index contributed by atoms with van der Waals surface area (Å²) in [5.74, 6) is 0.366. The molecule has 2 heteroatoms. The minimum Gasteiger partial charge on any atom is -0.393 e. The fourth-order valence-electron chi connectivity index (χ4n) is 1.58. The van der Waals surface area contributed by atoms with Crippen molar-refractivity contribution >= 4 is 0 Å². The molecule has 1 rings (SSSR count). The van der Waals surface area contributed by atoms with Crippen molar-refractivity contribution in [2.24, 2.45) is 11.7 Å². The van der Waals surface area contributed by atoms with Gasteiger partial charge in [0.25, 0.3) is 0 Å². The average molecular weight is 129 g/mol. The molecule has 1 saturated carbocycles. The molecule has 0 radical (unpaired) electrons. The highest BCUT2D eigenvalue weighted by Crippen LogP contribution is 2.26. The van der Waals surface area contributed by atoms with Crippen molar-refractivity contribution in [3.05, 3.63) is 0 Å². The summed E-state index contributed by atoms with van der Waals surface area (Å²) < 4.78 is 0. The van der Waals surface area contributed by atoms with Crippen LogP contribution in [0.2, 0.25) is 0 Å². The molecule has 0 spiro atoms. The third-order valence-corrected chi connectivity index (χ3v) is 2.21. The molecule has 0 saturated heterocycles. The highest BCUT2D eigenvalue weighted by atomic mass is 16.3. The number of hydrogen-bond donors (Lipinski definition) is 2.